The molecule has 0 aliphatic rings. The van der Waals surface area contributed by atoms with Crippen molar-refractivity contribution in [3.8, 4) is 0 Å². The number of H-pyrrole nitrogens is 1. The van der Waals surface area contributed by atoms with Crippen LogP contribution in [0, 0.1) is 13.8 Å². The Bertz CT molecular complexity index is 945. The van der Waals surface area contributed by atoms with E-state index in [4.69, 9.17) is 0 Å². The highest BCUT2D eigenvalue weighted by molar-refractivity contribution is 7.11. The normalized spacial score (nSPS) is 11.8. The van der Waals surface area contributed by atoms with Gasteiger partial charge in [-0.25, -0.2) is 9.78 Å². The predicted molar refractivity (Wildman–Crippen MR) is 95.3 cm³/mol. The third kappa shape index (κ3) is 2.99. The summed E-state index contributed by atoms with van der Waals surface area (Å²) in [5.41, 5.74) is 1.55. The van der Waals surface area contributed by atoms with E-state index in [1.165, 1.54) is 4.57 Å². The number of hydrogen-bond donors (Lipinski definition) is 2. The number of amides is 1. The predicted octanol–water partition coefficient (Wildman–Crippen LogP) is 2.45. The van der Waals surface area contributed by atoms with Gasteiger partial charge in [0.05, 0.1) is 22.3 Å². The number of aryl methyl sites for hydroxylation is 2. The van der Waals surface area contributed by atoms with Crippen LogP contribution in [0.4, 0.5) is 0 Å². The topological polar surface area (TPSA) is 79.8 Å². The molecule has 0 aliphatic heterocycles. The van der Waals surface area contributed by atoms with Crippen LogP contribution in [-0.2, 0) is 16.9 Å². The molecule has 6 nitrogen and oxygen atoms in total. The molecule has 1 aromatic carbocycles. The fourth-order valence-electron chi connectivity index (χ4n) is 2.59. The lowest BCUT2D eigenvalue weighted by Crippen LogP contribution is -2.43. The van der Waals surface area contributed by atoms with Crippen molar-refractivity contribution in [2.75, 3.05) is 0 Å². The minimum atomic E-state index is -0.587. The standard InChI is InChI=1S/C17H20N4O2S/c1-10-11(2)24-15(18-10)17(3,4)20-14(22)9-21-13-8-6-5-7-12(13)19-16(21)23/h5-8H,9H2,1-4H3,(H,19,23)(H,20,22). The Morgan fingerprint density at radius 2 is 2.04 bits per heavy atom. The third-order valence-electron chi connectivity index (χ3n) is 4.00. The van der Waals surface area contributed by atoms with Gasteiger partial charge in [-0.3, -0.25) is 9.36 Å². The van der Waals surface area contributed by atoms with Crippen molar-refractivity contribution < 1.29 is 4.79 Å². The maximum Gasteiger partial charge on any atom is 0.326 e. The summed E-state index contributed by atoms with van der Waals surface area (Å²) in [6.45, 7) is 7.77. The molecule has 2 heterocycles. The second-order valence-corrected chi connectivity index (χ2v) is 7.57. The van der Waals surface area contributed by atoms with Crippen LogP contribution < -0.4 is 11.0 Å². The molecule has 7 heteroatoms. The summed E-state index contributed by atoms with van der Waals surface area (Å²) in [7, 11) is 0. The molecule has 3 rings (SSSR count). The molecule has 3 aromatic rings. The summed E-state index contributed by atoms with van der Waals surface area (Å²) in [6, 6.07) is 7.32. The lowest BCUT2D eigenvalue weighted by atomic mass is 10.1. The van der Waals surface area contributed by atoms with Gasteiger partial charge in [-0.05, 0) is 39.8 Å². The molecule has 0 radical (unpaired) electrons. The van der Waals surface area contributed by atoms with E-state index in [0.29, 0.717) is 0 Å². The zero-order chi connectivity index (χ0) is 17.5. The van der Waals surface area contributed by atoms with E-state index in [9.17, 15) is 9.59 Å². The van der Waals surface area contributed by atoms with E-state index < -0.39 is 5.54 Å². The quantitative estimate of drug-likeness (QED) is 0.763. The van der Waals surface area contributed by atoms with Gasteiger partial charge in [-0.2, -0.15) is 0 Å². The van der Waals surface area contributed by atoms with Crippen LogP contribution in [-0.4, -0.2) is 20.4 Å². The van der Waals surface area contributed by atoms with Crippen molar-refractivity contribution in [3.05, 3.63) is 50.3 Å². The van der Waals surface area contributed by atoms with Gasteiger partial charge in [0.1, 0.15) is 11.6 Å². The number of nitrogens with one attached hydrogen (secondary N) is 2. The first kappa shape index (κ1) is 16.4. The number of imidazole rings is 1. The van der Waals surface area contributed by atoms with E-state index in [1.807, 2.05) is 52.0 Å². The SMILES string of the molecule is Cc1nc(C(C)(C)NC(=O)Cn2c(=O)[nH]c3ccccc32)sc1C. The van der Waals surface area contributed by atoms with E-state index in [2.05, 4.69) is 15.3 Å². The van der Waals surface area contributed by atoms with Gasteiger partial charge < -0.3 is 10.3 Å². The Kier molecular flexibility index (Phi) is 4.04. The van der Waals surface area contributed by atoms with Gasteiger partial charge in [-0.1, -0.05) is 12.1 Å². The third-order valence-corrected chi connectivity index (χ3v) is 5.39. The maximum absolute atomic E-state index is 12.5. The molecule has 2 N–H and O–H groups in total. The number of carbonyl (C=O) groups is 1. The summed E-state index contributed by atoms with van der Waals surface area (Å²) in [6.07, 6.45) is 0. The molecule has 0 spiro atoms. The minimum absolute atomic E-state index is 0.0321. The van der Waals surface area contributed by atoms with Crippen LogP contribution in [0.2, 0.25) is 0 Å². The molecule has 24 heavy (non-hydrogen) atoms. The van der Waals surface area contributed by atoms with Crippen LogP contribution in [0.15, 0.2) is 29.1 Å². The van der Waals surface area contributed by atoms with Gasteiger partial charge >= 0.3 is 5.69 Å². The van der Waals surface area contributed by atoms with Crippen LogP contribution in [0.25, 0.3) is 11.0 Å². The number of para-hydroxylation sites is 2. The Morgan fingerprint density at radius 1 is 1.33 bits per heavy atom. The molecule has 0 saturated carbocycles. The molecule has 0 unspecified atom stereocenters. The van der Waals surface area contributed by atoms with Gasteiger partial charge in [0, 0.05) is 4.88 Å². The van der Waals surface area contributed by atoms with Crippen molar-refractivity contribution in [1.29, 1.82) is 0 Å². The summed E-state index contributed by atoms with van der Waals surface area (Å²) in [5, 5.41) is 3.84. The van der Waals surface area contributed by atoms with Crippen molar-refractivity contribution in [1.82, 2.24) is 19.9 Å². The second kappa shape index (κ2) is 5.90. The first-order valence-corrected chi connectivity index (χ1v) is 8.52. The first-order chi connectivity index (χ1) is 11.3. The average molecular weight is 344 g/mol. The van der Waals surface area contributed by atoms with Gasteiger partial charge in [0.15, 0.2) is 0 Å². The molecule has 0 fully saturated rings. The number of thiazole rings is 1. The highest BCUT2D eigenvalue weighted by Crippen LogP contribution is 2.27. The fourth-order valence-corrected chi connectivity index (χ4v) is 3.56. The molecular formula is C17H20N4O2S. The number of rotatable bonds is 4. The van der Waals surface area contributed by atoms with Crippen molar-refractivity contribution in [2.24, 2.45) is 0 Å². The summed E-state index contributed by atoms with van der Waals surface area (Å²) in [4.78, 5) is 33.0. The number of fused-ring (bicyclic) bond motifs is 1. The zero-order valence-electron chi connectivity index (χ0n) is 14.1. The van der Waals surface area contributed by atoms with Gasteiger partial charge in [0.25, 0.3) is 0 Å². The maximum atomic E-state index is 12.5. The molecule has 0 saturated heterocycles. The van der Waals surface area contributed by atoms with Gasteiger partial charge in [0.2, 0.25) is 5.91 Å². The van der Waals surface area contributed by atoms with Crippen LogP contribution in [0.5, 0.6) is 0 Å². The molecular weight excluding hydrogens is 324 g/mol. The summed E-state index contributed by atoms with van der Waals surface area (Å²) < 4.78 is 1.44. The lowest BCUT2D eigenvalue weighted by molar-refractivity contribution is -0.123. The van der Waals surface area contributed by atoms with E-state index in [0.717, 1.165) is 26.6 Å². The van der Waals surface area contributed by atoms with Crippen LogP contribution in [0.3, 0.4) is 0 Å². The lowest BCUT2D eigenvalue weighted by Gasteiger charge is -2.24. The Balaban J connectivity index is 1.82. The number of benzene rings is 1. The smallest absolute Gasteiger partial charge is 0.326 e. The number of carbonyl (C=O) groups excluding carboxylic acids is 1. The Labute approximate surface area is 143 Å². The van der Waals surface area contributed by atoms with Crippen LogP contribution >= 0.6 is 11.3 Å². The first-order valence-electron chi connectivity index (χ1n) is 7.71. The minimum Gasteiger partial charge on any atom is -0.343 e. The molecule has 126 valence electrons. The van der Waals surface area contributed by atoms with Crippen LogP contribution in [0.1, 0.15) is 29.4 Å². The summed E-state index contributed by atoms with van der Waals surface area (Å²) >= 11 is 1.58. The van der Waals surface area contributed by atoms with Gasteiger partial charge in [-0.15, -0.1) is 11.3 Å². The van der Waals surface area contributed by atoms with Crippen molar-refractivity contribution in [2.45, 2.75) is 39.8 Å². The van der Waals surface area contributed by atoms with Crippen molar-refractivity contribution >= 4 is 28.3 Å². The zero-order valence-corrected chi connectivity index (χ0v) is 15.0. The number of hydrogen-bond acceptors (Lipinski definition) is 4. The highest BCUT2D eigenvalue weighted by Gasteiger charge is 2.27. The number of aromatic nitrogens is 3. The second-order valence-electron chi connectivity index (χ2n) is 6.37. The largest absolute Gasteiger partial charge is 0.343 e. The monoisotopic (exact) mass is 344 g/mol. The Morgan fingerprint density at radius 3 is 2.71 bits per heavy atom. The molecule has 0 bridgehead atoms. The van der Waals surface area contributed by atoms with Crippen molar-refractivity contribution in [3.63, 3.8) is 0 Å². The highest BCUT2D eigenvalue weighted by atomic mass is 32.1. The van der Waals surface area contributed by atoms with E-state index >= 15 is 0 Å². The van der Waals surface area contributed by atoms with E-state index in [-0.39, 0.29) is 18.1 Å². The molecule has 1 amide bonds. The molecule has 0 atom stereocenters. The van der Waals surface area contributed by atoms with E-state index in [1.54, 1.807) is 11.3 Å². The molecule has 2 aromatic heterocycles. The number of nitrogens with zero attached hydrogens (tertiary/aromatic N) is 2. The average Bonchev–Trinajstić information content (AvgIpc) is 3.00. The Hall–Kier alpha value is -2.41. The summed E-state index contributed by atoms with van der Waals surface area (Å²) in [5.74, 6) is -0.225. The fraction of sp³-hybridized carbons (Fsp3) is 0.353. The molecule has 0 aliphatic carbocycles. The number of aromatic amines is 1.